The Balaban J connectivity index is 1.52. The van der Waals surface area contributed by atoms with E-state index in [1.165, 1.54) is 7.11 Å². The molecule has 2 aromatic carbocycles. The highest BCUT2D eigenvalue weighted by atomic mass is 16.5. The van der Waals surface area contributed by atoms with Gasteiger partial charge in [-0.05, 0) is 66.8 Å². The largest absolute Gasteiger partial charge is 0.493 e. The van der Waals surface area contributed by atoms with Crippen LogP contribution in [0.25, 0.3) is 17.1 Å². The van der Waals surface area contributed by atoms with Gasteiger partial charge in [0, 0.05) is 22.6 Å². The fraction of sp³-hybridized carbons (Fsp3) is 0.273. The number of fused-ring (bicyclic) bond motifs is 1. The van der Waals surface area contributed by atoms with Gasteiger partial charge in [-0.2, -0.15) is 5.10 Å². The Morgan fingerprint density at radius 3 is 2.37 bits per heavy atom. The molecule has 1 atom stereocenters. The maximum Gasteiger partial charge on any atom is 0.328 e. The minimum absolute atomic E-state index is 0.0516. The number of esters is 1. The minimum atomic E-state index is -0.474. The van der Waals surface area contributed by atoms with Gasteiger partial charge in [-0.1, -0.05) is 51.3 Å². The molecule has 4 rings (SSSR count). The summed E-state index contributed by atoms with van der Waals surface area (Å²) in [6.07, 6.45) is 8.02. The number of methoxy groups -OCH3 is 3. The molecule has 0 amide bonds. The Hall–Kier alpha value is -4.72. The van der Waals surface area contributed by atoms with Crippen molar-refractivity contribution in [3.8, 4) is 11.5 Å². The standard InChI is InChI=1S/C33H38N4O4/c1-21(2)32(33(38)41-7)35-22(3)24-13-16-26(17-14-24)34-23(4)28-20-27-11-9-8-10-12-29(37(27)36-28)25-15-18-30(39-5)31(19-25)40-6/h8,10,12-21,32,34-35H,3-4,9,11H2,1-2,5-7H3/b10-8-,29-12-/t32-/m0/s1. The number of hydrogen-bond donors (Lipinski definition) is 2. The van der Waals surface area contributed by atoms with E-state index in [4.69, 9.17) is 19.3 Å². The average molecular weight is 555 g/mol. The molecule has 41 heavy (non-hydrogen) atoms. The summed E-state index contributed by atoms with van der Waals surface area (Å²) in [6, 6.07) is 15.2. The lowest BCUT2D eigenvalue weighted by atomic mass is 10.0. The number of aromatic nitrogens is 2. The summed E-state index contributed by atoms with van der Waals surface area (Å²) in [5.74, 6) is 1.06. The Kier molecular flexibility index (Phi) is 9.34. The summed E-state index contributed by atoms with van der Waals surface area (Å²) < 4.78 is 17.8. The highest BCUT2D eigenvalue weighted by Crippen LogP contribution is 2.32. The zero-order chi connectivity index (χ0) is 29.5. The Morgan fingerprint density at radius 2 is 1.71 bits per heavy atom. The molecule has 8 heteroatoms. The third-order valence-electron chi connectivity index (χ3n) is 6.94. The molecule has 0 unspecified atom stereocenters. The van der Waals surface area contributed by atoms with Gasteiger partial charge in [0.2, 0.25) is 0 Å². The number of rotatable bonds is 11. The molecule has 1 aliphatic heterocycles. The molecule has 0 fully saturated rings. The summed E-state index contributed by atoms with van der Waals surface area (Å²) >= 11 is 0. The molecule has 1 aliphatic rings. The third kappa shape index (κ3) is 6.72. The lowest BCUT2D eigenvalue weighted by molar-refractivity contribution is -0.143. The van der Waals surface area contributed by atoms with E-state index in [-0.39, 0.29) is 11.9 Å². The van der Waals surface area contributed by atoms with Crippen molar-refractivity contribution in [2.75, 3.05) is 26.6 Å². The molecular weight excluding hydrogens is 516 g/mol. The topological polar surface area (TPSA) is 86.6 Å². The number of carbonyl (C=O) groups is 1. The number of ether oxygens (including phenoxy) is 3. The van der Waals surface area contributed by atoms with Crippen molar-refractivity contribution >= 4 is 28.7 Å². The van der Waals surface area contributed by atoms with Crippen LogP contribution < -0.4 is 20.1 Å². The lowest BCUT2D eigenvalue weighted by Gasteiger charge is -2.22. The van der Waals surface area contributed by atoms with Crippen molar-refractivity contribution in [3.05, 3.63) is 102 Å². The SMILES string of the molecule is C=C(N[C@H](C(=O)OC)C(C)C)c1ccc(NC(=C)c2cc3n(n2)/C(c2ccc(OC)c(OC)c2)=C\C=C/CC3)cc1. The molecule has 214 valence electrons. The van der Waals surface area contributed by atoms with Crippen molar-refractivity contribution in [2.24, 2.45) is 5.92 Å². The first-order chi connectivity index (χ1) is 19.7. The highest BCUT2D eigenvalue weighted by molar-refractivity contribution is 5.80. The Labute approximate surface area is 242 Å². The second kappa shape index (κ2) is 13.1. The van der Waals surface area contributed by atoms with E-state index in [0.717, 1.165) is 46.7 Å². The number of carbonyl (C=O) groups excluding carboxylic acids is 1. The van der Waals surface area contributed by atoms with Gasteiger partial charge in [-0.15, -0.1) is 0 Å². The van der Waals surface area contributed by atoms with Gasteiger partial charge >= 0.3 is 5.97 Å². The van der Waals surface area contributed by atoms with Gasteiger partial charge in [0.25, 0.3) is 0 Å². The predicted molar refractivity (Wildman–Crippen MR) is 165 cm³/mol. The van der Waals surface area contributed by atoms with E-state index in [0.29, 0.717) is 22.9 Å². The second-order valence-corrected chi connectivity index (χ2v) is 10.1. The zero-order valence-electron chi connectivity index (χ0n) is 24.4. The Morgan fingerprint density at radius 1 is 0.976 bits per heavy atom. The fourth-order valence-corrected chi connectivity index (χ4v) is 4.61. The fourth-order valence-electron chi connectivity index (χ4n) is 4.61. The molecule has 1 aromatic heterocycles. The molecular formula is C33H38N4O4. The molecule has 0 bridgehead atoms. The smallest absolute Gasteiger partial charge is 0.328 e. The maximum atomic E-state index is 12.1. The van der Waals surface area contributed by atoms with Gasteiger partial charge in [0.1, 0.15) is 11.7 Å². The average Bonchev–Trinajstić information content (AvgIpc) is 3.38. The zero-order valence-corrected chi connectivity index (χ0v) is 24.4. The summed E-state index contributed by atoms with van der Waals surface area (Å²) in [5.41, 5.74) is 6.78. The molecule has 8 nitrogen and oxygen atoms in total. The van der Waals surface area contributed by atoms with Crippen LogP contribution in [0.2, 0.25) is 0 Å². The van der Waals surface area contributed by atoms with Crippen molar-refractivity contribution in [3.63, 3.8) is 0 Å². The molecule has 0 aliphatic carbocycles. The van der Waals surface area contributed by atoms with Crippen LogP contribution in [0, 0.1) is 5.92 Å². The number of hydrogen-bond acceptors (Lipinski definition) is 7. The number of benzene rings is 2. The van der Waals surface area contributed by atoms with Gasteiger partial charge in [-0.3, -0.25) is 0 Å². The van der Waals surface area contributed by atoms with Crippen molar-refractivity contribution in [1.82, 2.24) is 15.1 Å². The minimum Gasteiger partial charge on any atom is -0.493 e. The van der Waals surface area contributed by atoms with Crippen LogP contribution in [-0.4, -0.2) is 43.1 Å². The summed E-state index contributed by atoms with van der Waals surface area (Å²) in [5, 5.41) is 11.5. The van der Waals surface area contributed by atoms with Crippen LogP contribution in [0.15, 0.2) is 79.9 Å². The van der Waals surface area contributed by atoms with E-state index < -0.39 is 6.04 Å². The van der Waals surface area contributed by atoms with Crippen molar-refractivity contribution in [2.45, 2.75) is 32.7 Å². The number of anilines is 1. The molecule has 2 N–H and O–H groups in total. The predicted octanol–water partition coefficient (Wildman–Crippen LogP) is 6.13. The van der Waals surface area contributed by atoms with E-state index >= 15 is 0 Å². The quantitative estimate of drug-likeness (QED) is 0.276. The molecule has 2 heterocycles. The van der Waals surface area contributed by atoms with Gasteiger partial charge in [-0.25, -0.2) is 9.48 Å². The molecule has 0 spiro atoms. The van der Waals surface area contributed by atoms with Gasteiger partial charge < -0.3 is 24.8 Å². The van der Waals surface area contributed by atoms with E-state index in [2.05, 4.69) is 48.1 Å². The van der Waals surface area contributed by atoms with E-state index in [1.807, 2.05) is 61.0 Å². The van der Waals surface area contributed by atoms with Crippen LogP contribution >= 0.6 is 0 Å². The van der Waals surface area contributed by atoms with Gasteiger partial charge in [0.05, 0.1) is 32.7 Å². The van der Waals surface area contributed by atoms with Crippen LogP contribution in [0.4, 0.5) is 5.69 Å². The highest BCUT2D eigenvalue weighted by Gasteiger charge is 2.23. The normalized spacial score (nSPS) is 15.3. The Bertz CT molecular complexity index is 1480. The van der Waals surface area contributed by atoms with Gasteiger partial charge in [0.15, 0.2) is 11.5 Å². The molecule has 0 saturated heterocycles. The second-order valence-electron chi connectivity index (χ2n) is 10.1. The van der Waals surface area contributed by atoms with E-state index in [9.17, 15) is 4.79 Å². The first-order valence-electron chi connectivity index (χ1n) is 13.5. The molecule has 3 aromatic rings. The number of aryl methyl sites for hydroxylation is 1. The monoisotopic (exact) mass is 554 g/mol. The third-order valence-corrected chi connectivity index (χ3v) is 6.94. The molecule has 0 radical (unpaired) electrons. The van der Waals surface area contributed by atoms with E-state index in [1.54, 1.807) is 14.2 Å². The summed E-state index contributed by atoms with van der Waals surface area (Å²) in [7, 11) is 4.64. The number of nitrogens with one attached hydrogen (secondary N) is 2. The van der Waals surface area contributed by atoms with Crippen LogP contribution in [0.1, 0.15) is 42.8 Å². The first-order valence-corrected chi connectivity index (χ1v) is 13.5. The number of nitrogens with zero attached hydrogens (tertiary/aromatic N) is 2. The van der Waals surface area contributed by atoms with Crippen LogP contribution in [0.5, 0.6) is 11.5 Å². The maximum absolute atomic E-state index is 12.1. The lowest BCUT2D eigenvalue weighted by Crippen LogP contribution is -2.40. The van der Waals surface area contributed by atoms with Crippen molar-refractivity contribution < 1.29 is 19.0 Å². The number of allylic oxidation sites excluding steroid dienone is 3. The van der Waals surface area contributed by atoms with Crippen LogP contribution in [-0.2, 0) is 16.0 Å². The van der Waals surface area contributed by atoms with Crippen molar-refractivity contribution in [1.29, 1.82) is 0 Å². The summed E-state index contributed by atoms with van der Waals surface area (Å²) in [6.45, 7) is 12.3. The first kappa shape index (κ1) is 29.3. The molecule has 0 saturated carbocycles. The van der Waals surface area contributed by atoms with Crippen LogP contribution in [0.3, 0.4) is 0 Å². The summed E-state index contributed by atoms with van der Waals surface area (Å²) in [4.78, 5) is 12.1.